The van der Waals surface area contributed by atoms with Gasteiger partial charge in [-0.2, -0.15) is 0 Å². The first-order valence-electron chi connectivity index (χ1n) is 5.72. The second kappa shape index (κ2) is 5.42. The van der Waals surface area contributed by atoms with Gasteiger partial charge in [0.2, 0.25) is 0 Å². The van der Waals surface area contributed by atoms with E-state index < -0.39 is 0 Å². The molecule has 4 nitrogen and oxygen atoms in total. The van der Waals surface area contributed by atoms with E-state index in [2.05, 4.69) is 10.3 Å². The van der Waals surface area contributed by atoms with Gasteiger partial charge in [0.15, 0.2) is 0 Å². The van der Waals surface area contributed by atoms with Gasteiger partial charge in [0.05, 0.1) is 0 Å². The zero-order valence-electron chi connectivity index (χ0n) is 10.2. The molecule has 0 unspecified atom stereocenters. The van der Waals surface area contributed by atoms with Crippen LogP contribution in [0.25, 0.3) is 0 Å². The molecule has 4 heteroatoms. The molecule has 0 saturated heterocycles. The SMILES string of the molecule is Cc1ccc(NC(=O)c2ccc(CN)cc2)nc1. The molecular formula is C14H15N3O. The number of amides is 1. The molecule has 1 heterocycles. The van der Waals surface area contributed by atoms with E-state index in [4.69, 9.17) is 5.73 Å². The van der Waals surface area contributed by atoms with E-state index in [1.807, 2.05) is 25.1 Å². The molecule has 1 aromatic heterocycles. The van der Waals surface area contributed by atoms with E-state index in [1.165, 1.54) is 0 Å². The van der Waals surface area contributed by atoms with E-state index in [9.17, 15) is 4.79 Å². The van der Waals surface area contributed by atoms with Gasteiger partial charge in [-0.1, -0.05) is 18.2 Å². The molecule has 1 aromatic carbocycles. The van der Waals surface area contributed by atoms with E-state index in [0.29, 0.717) is 17.9 Å². The summed E-state index contributed by atoms with van der Waals surface area (Å²) in [6.07, 6.45) is 1.72. The van der Waals surface area contributed by atoms with Gasteiger partial charge < -0.3 is 11.1 Å². The summed E-state index contributed by atoms with van der Waals surface area (Å²) in [6, 6.07) is 10.9. The zero-order chi connectivity index (χ0) is 13.0. The van der Waals surface area contributed by atoms with Gasteiger partial charge in [0.25, 0.3) is 5.91 Å². The molecule has 0 saturated carbocycles. The zero-order valence-corrected chi connectivity index (χ0v) is 10.2. The molecular weight excluding hydrogens is 226 g/mol. The maximum Gasteiger partial charge on any atom is 0.256 e. The van der Waals surface area contributed by atoms with Crippen molar-refractivity contribution >= 4 is 11.7 Å². The number of aromatic nitrogens is 1. The Balaban J connectivity index is 2.09. The molecule has 0 aliphatic heterocycles. The second-order valence-electron chi connectivity index (χ2n) is 4.08. The second-order valence-corrected chi connectivity index (χ2v) is 4.08. The largest absolute Gasteiger partial charge is 0.326 e. The average Bonchev–Trinajstić information content (AvgIpc) is 2.41. The first kappa shape index (κ1) is 12.3. The van der Waals surface area contributed by atoms with Crippen LogP contribution < -0.4 is 11.1 Å². The third kappa shape index (κ3) is 2.93. The fourth-order valence-corrected chi connectivity index (χ4v) is 1.52. The van der Waals surface area contributed by atoms with Gasteiger partial charge >= 0.3 is 0 Å². The molecule has 0 bridgehead atoms. The molecule has 2 rings (SSSR count). The molecule has 0 atom stereocenters. The van der Waals surface area contributed by atoms with Crippen LogP contribution in [-0.4, -0.2) is 10.9 Å². The highest BCUT2D eigenvalue weighted by molar-refractivity contribution is 6.03. The number of aryl methyl sites for hydroxylation is 1. The van der Waals surface area contributed by atoms with Crippen LogP contribution in [0.4, 0.5) is 5.82 Å². The highest BCUT2D eigenvalue weighted by Gasteiger charge is 2.06. The van der Waals surface area contributed by atoms with Crippen molar-refractivity contribution in [2.45, 2.75) is 13.5 Å². The normalized spacial score (nSPS) is 10.1. The summed E-state index contributed by atoms with van der Waals surface area (Å²) in [6.45, 7) is 2.42. The van der Waals surface area contributed by atoms with Crippen LogP contribution in [0.5, 0.6) is 0 Å². The lowest BCUT2D eigenvalue weighted by Gasteiger charge is -2.05. The summed E-state index contributed by atoms with van der Waals surface area (Å²) in [5.41, 5.74) is 8.15. The lowest BCUT2D eigenvalue weighted by molar-refractivity contribution is 0.102. The van der Waals surface area contributed by atoms with Crippen LogP contribution in [0.2, 0.25) is 0 Å². The van der Waals surface area contributed by atoms with Crippen molar-refractivity contribution in [1.82, 2.24) is 4.98 Å². The monoisotopic (exact) mass is 241 g/mol. The van der Waals surface area contributed by atoms with Crippen LogP contribution in [0.1, 0.15) is 21.5 Å². The summed E-state index contributed by atoms with van der Waals surface area (Å²) in [5, 5.41) is 2.74. The van der Waals surface area contributed by atoms with Gasteiger partial charge in [-0.3, -0.25) is 4.79 Å². The highest BCUT2D eigenvalue weighted by Crippen LogP contribution is 2.08. The minimum absolute atomic E-state index is 0.171. The fourth-order valence-electron chi connectivity index (χ4n) is 1.52. The summed E-state index contributed by atoms with van der Waals surface area (Å²) < 4.78 is 0. The van der Waals surface area contributed by atoms with Crippen LogP contribution >= 0.6 is 0 Å². The predicted octanol–water partition coefficient (Wildman–Crippen LogP) is 2.10. The molecule has 1 amide bonds. The van der Waals surface area contributed by atoms with Crippen molar-refractivity contribution in [3.8, 4) is 0 Å². The Morgan fingerprint density at radius 1 is 1.22 bits per heavy atom. The number of rotatable bonds is 3. The standard InChI is InChI=1S/C14H15N3O/c1-10-2-7-13(16-9-10)17-14(18)12-5-3-11(8-15)4-6-12/h2-7,9H,8,15H2,1H3,(H,16,17,18). The third-order valence-electron chi connectivity index (χ3n) is 2.60. The number of nitrogens with two attached hydrogens (primary N) is 1. The number of anilines is 1. The Labute approximate surface area is 106 Å². The van der Waals surface area contributed by atoms with Gasteiger partial charge in [-0.25, -0.2) is 4.98 Å². The summed E-state index contributed by atoms with van der Waals surface area (Å²) >= 11 is 0. The Bertz CT molecular complexity index is 532. The number of hydrogen-bond donors (Lipinski definition) is 2. The van der Waals surface area contributed by atoms with Crippen molar-refractivity contribution in [2.24, 2.45) is 5.73 Å². The minimum Gasteiger partial charge on any atom is -0.326 e. The first-order valence-corrected chi connectivity index (χ1v) is 5.72. The van der Waals surface area contributed by atoms with Crippen LogP contribution in [0.15, 0.2) is 42.6 Å². The third-order valence-corrected chi connectivity index (χ3v) is 2.60. The van der Waals surface area contributed by atoms with E-state index in [1.54, 1.807) is 24.4 Å². The summed E-state index contributed by atoms with van der Waals surface area (Å²) in [5.74, 6) is 0.378. The Morgan fingerprint density at radius 3 is 2.50 bits per heavy atom. The van der Waals surface area contributed by atoms with Crippen molar-refractivity contribution in [3.05, 3.63) is 59.3 Å². The number of nitrogens with zero attached hydrogens (tertiary/aromatic N) is 1. The summed E-state index contributed by atoms with van der Waals surface area (Å²) in [4.78, 5) is 16.0. The molecule has 0 fully saturated rings. The van der Waals surface area contributed by atoms with Crippen LogP contribution in [0.3, 0.4) is 0 Å². The fraction of sp³-hybridized carbons (Fsp3) is 0.143. The van der Waals surface area contributed by atoms with Crippen LogP contribution in [0, 0.1) is 6.92 Å². The molecule has 0 aliphatic carbocycles. The number of nitrogens with one attached hydrogen (secondary N) is 1. The number of carbonyl (C=O) groups is 1. The Hall–Kier alpha value is -2.20. The van der Waals surface area contributed by atoms with Crippen molar-refractivity contribution in [3.63, 3.8) is 0 Å². The van der Waals surface area contributed by atoms with Gasteiger partial charge in [-0.15, -0.1) is 0 Å². The maximum atomic E-state index is 11.9. The van der Waals surface area contributed by atoms with Gasteiger partial charge in [-0.05, 0) is 36.2 Å². The van der Waals surface area contributed by atoms with Crippen molar-refractivity contribution in [2.75, 3.05) is 5.32 Å². The Kier molecular flexibility index (Phi) is 3.69. The topological polar surface area (TPSA) is 68.0 Å². The molecule has 2 aromatic rings. The first-order chi connectivity index (χ1) is 8.69. The van der Waals surface area contributed by atoms with Crippen LogP contribution in [-0.2, 0) is 6.54 Å². The van der Waals surface area contributed by atoms with E-state index in [0.717, 1.165) is 11.1 Å². The minimum atomic E-state index is -0.171. The molecule has 92 valence electrons. The molecule has 0 radical (unpaired) electrons. The lowest BCUT2D eigenvalue weighted by atomic mass is 10.1. The van der Waals surface area contributed by atoms with Crippen molar-refractivity contribution in [1.29, 1.82) is 0 Å². The Morgan fingerprint density at radius 2 is 1.94 bits per heavy atom. The lowest BCUT2D eigenvalue weighted by Crippen LogP contribution is -2.13. The number of hydrogen-bond acceptors (Lipinski definition) is 3. The predicted molar refractivity (Wildman–Crippen MR) is 71.3 cm³/mol. The smallest absolute Gasteiger partial charge is 0.256 e. The molecule has 0 spiro atoms. The highest BCUT2D eigenvalue weighted by atomic mass is 16.1. The number of pyridine rings is 1. The molecule has 0 aliphatic rings. The molecule has 3 N–H and O–H groups in total. The van der Waals surface area contributed by atoms with Crippen molar-refractivity contribution < 1.29 is 4.79 Å². The quantitative estimate of drug-likeness (QED) is 0.864. The van der Waals surface area contributed by atoms with Gasteiger partial charge in [0, 0.05) is 18.3 Å². The number of carbonyl (C=O) groups excluding carboxylic acids is 1. The average molecular weight is 241 g/mol. The van der Waals surface area contributed by atoms with E-state index >= 15 is 0 Å². The maximum absolute atomic E-state index is 11.9. The van der Waals surface area contributed by atoms with E-state index in [-0.39, 0.29) is 5.91 Å². The van der Waals surface area contributed by atoms with Gasteiger partial charge in [0.1, 0.15) is 5.82 Å². The molecule has 18 heavy (non-hydrogen) atoms. The summed E-state index contributed by atoms with van der Waals surface area (Å²) in [7, 11) is 0. The number of benzene rings is 1.